The van der Waals surface area contributed by atoms with Crippen molar-refractivity contribution >= 4 is 51.9 Å². The van der Waals surface area contributed by atoms with E-state index in [0.717, 1.165) is 32.9 Å². The van der Waals surface area contributed by atoms with Gasteiger partial charge < -0.3 is 14.6 Å². The number of aromatic nitrogens is 1. The maximum atomic E-state index is 12.9. The number of aromatic carboxylic acids is 1. The van der Waals surface area contributed by atoms with Gasteiger partial charge in [0.1, 0.15) is 10.0 Å². The molecule has 0 bridgehead atoms. The molecular formula is C18H15N2O6S2-. The molecule has 10 heteroatoms. The Kier molecular flexibility index (Phi) is 5.52. The first-order chi connectivity index (χ1) is 13.3. The van der Waals surface area contributed by atoms with Crippen LogP contribution in [0.3, 0.4) is 0 Å². The van der Waals surface area contributed by atoms with Crippen LogP contribution >= 0.6 is 23.1 Å². The molecule has 1 aliphatic heterocycles. The molecular weight excluding hydrogens is 404 g/mol. The maximum absolute atomic E-state index is 12.9. The topological polar surface area (TPSA) is 117 Å². The highest BCUT2D eigenvalue weighted by Gasteiger charge is 2.43. The first kappa shape index (κ1) is 20.0. The number of thiophene rings is 1. The minimum atomic E-state index is -1.42. The van der Waals surface area contributed by atoms with Gasteiger partial charge in [-0.25, -0.2) is 14.7 Å². The Morgan fingerprint density at radius 1 is 1.36 bits per heavy atom. The van der Waals surface area contributed by atoms with Crippen LogP contribution in [0.5, 0.6) is 0 Å². The quantitative estimate of drug-likeness (QED) is 0.526. The molecule has 1 aliphatic rings. The highest BCUT2D eigenvalue weighted by molar-refractivity contribution is 8.00. The van der Waals surface area contributed by atoms with Gasteiger partial charge in [-0.2, -0.15) is 0 Å². The first-order valence-corrected chi connectivity index (χ1v) is 9.84. The van der Waals surface area contributed by atoms with Crippen molar-refractivity contribution in [2.24, 2.45) is 0 Å². The summed E-state index contributed by atoms with van der Waals surface area (Å²) in [5, 5.41) is 10.7. The molecule has 1 saturated heterocycles. The highest BCUT2D eigenvalue weighted by Crippen LogP contribution is 2.41. The van der Waals surface area contributed by atoms with E-state index < -0.39 is 29.0 Å². The number of aryl methyl sites for hydroxylation is 1. The van der Waals surface area contributed by atoms with Crippen LogP contribution in [-0.2, 0) is 14.3 Å². The van der Waals surface area contributed by atoms with Gasteiger partial charge in [-0.15, -0.1) is 11.3 Å². The van der Waals surface area contributed by atoms with Crippen LogP contribution in [0.2, 0.25) is 0 Å². The Labute approximate surface area is 168 Å². The second-order valence-electron chi connectivity index (χ2n) is 5.98. The Bertz CT molecular complexity index is 1000. The molecule has 0 aliphatic carbocycles. The standard InChI is InChI=1S/C18H16N2O6S2/c1-8-9(2)27-16(13(8)18(25)26-3)20-12(21)7-11(15(20)22)28-14-10(17(23)24)5-4-6-19-14/h4-6,11H,7H2,1-3H3,(H,23,24)/p-1/t11-/m0/s1. The molecule has 0 spiro atoms. The average molecular weight is 419 g/mol. The van der Waals surface area contributed by atoms with E-state index in [-0.39, 0.29) is 27.6 Å². The van der Waals surface area contributed by atoms with Crippen molar-refractivity contribution in [3.63, 3.8) is 0 Å². The number of carbonyl (C=O) groups excluding carboxylic acids is 4. The third-order valence-electron chi connectivity index (χ3n) is 4.31. The molecule has 0 radical (unpaired) electrons. The van der Waals surface area contributed by atoms with Gasteiger partial charge in [-0.1, -0.05) is 11.8 Å². The SMILES string of the molecule is COC(=O)c1c(N2C(=O)C[C@H](Sc3ncccc3C(=O)[O-])C2=O)sc(C)c1C. The molecule has 146 valence electrons. The minimum Gasteiger partial charge on any atom is -0.545 e. The number of imide groups is 1. The molecule has 0 aromatic carbocycles. The maximum Gasteiger partial charge on any atom is 0.341 e. The zero-order valence-corrected chi connectivity index (χ0v) is 16.8. The lowest BCUT2D eigenvalue weighted by Crippen LogP contribution is -2.32. The fourth-order valence-corrected chi connectivity index (χ4v) is 5.06. The Balaban J connectivity index is 1.95. The molecule has 0 unspecified atom stereocenters. The van der Waals surface area contributed by atoms with Crippen LogP contribution in [-0.4, -0.2) is 41.1 Å². The van der Waals surface area contributed by atoms with E-state index in [9.17, 15) is 24.3 Å². The zero-order chi connectivity index (χ0) is 20.6. The van der Waals surface area contributed by atoms with Crippen molar-refractivity contribution in [2.75, 3.05) is 12.0 Å². The zero-order valence-electron chi connectivity index (χ0n) is 15.2. The monoisotopic (exact) mass is 419 g/mol. The molecule has 28 heavy (non-hydrogen) atoms. The third-order valence-corrected chi connectivity index (χ3v) is 6.70. The van der Waals surface area contributed by atoms with Gasteiger partial charge in [-0.05, 0) is 31.5 Å². The van der Waals surface area contributed by atoms with Crippen LogP contribution in [0.15, 0.2) is 23.4 Å². The Morgan fingerprint density at radius 2 is 2.07 bits per heavy atom. The lowest BCUT2D eigenvalue weighted by molar-refractivity contribution is -0.255. The summed E-state index contributed by atoms with van der Waals surface area (Å²) in [6.07, 6.45) is 1.26. The van der Waals surface area contributed by atoms with E-state index in [0.29, 0.717) is 5.56 Å². The summed E-state index contributed by atoms with van der Waals surface area (Å²) in [6, 6.07) is 2.77. The summed E-state index contributed by atoms with van der Waals surface area (Å²) in [5.41, 5.74) is 0.683. The van der Waals surface area contributed by atoms with E-state index in [1.54, 1.807) is 13.8 Å². The molecule has 0 saturated carbocycles. The predicted octanol–water partition coefficient (Wildman–Crippen LogP) is 1.33. The molecule has 2 aromatic heterocycles. The van der Waals surface area contributed by atoms with Crippen LogP contribution in [0, 0.1) is 13.8 Å². The molecule has 3 rings (SSSR count). The first-order valence-electron chi connectivity index (χ1n) is 8.14. The summed E-state index contributed by atoms with van der Waals surface area (Å²) < 4.78 is 4.80. The molecule has 1 fully saturated rings. The smallest absolute Gasteiger partial charge is 0.341 e. The molecule has 2 amide bonds. The van der Waals surface area contributed by atoms with Gasteiger partial charge in [-0.3, -0.25) is 9.59 Å². The second-order valence-corrected chi connectivity index (χ2v) is 8.37. The van der Waals surface area contributed by atoms with Gasteiger partial charge in [0.2, 0.25) is 11.8 Å². The summed E-state index contributed by atoms with van der Waals surface area (Å²) in [6.45, 7) is 3.51. The Morgan fingerprint density at radius 3 is 2.71 bits per heavy atom. The molecule has 8 nitrogen and oxygen atoms in total. The van der Waals surface area contributed by atoms with Gasteiger partial charge in [0, 0.05) is 23.1 Å². The van der Waals surface area contributed by atoms with E-state index in [1.807, 2.05) is 0 Å². The van der Waals surface area contributed by atoms with E-state index >= 15 is 0 Å². The number of hydrogen-bond acceptors (Lipinski definition) is 9. The number of carboxylic acids is 1. The van der Waals surface area contributed by atoms with Gasteiger partial charge in [0.25, 0.3) is 0 Å². The number of ether oxygens (including phenoxy) is 1. The molecule has 0 N–H and O–H groups in total. The van der Waals surface area contributed by atoms with Crippen LogP contribution < -0.4 is 10.0 Å². The summed E-state index contributed by atoms with van der Waals surface area (Å²) >= 11 is 2.05. The molecule has 3 heterocycles. The number of esters is 1. The largest absolute Gasteiger partial charge is 0.545 e. The molecule has 1 atom stereocenters. The van der Waals surface area contributed by atoms with Crippen LogP contribution in [0.25, 0.3) is 0 Å². The van der Waals surface area contributed by atoms with Gasteiger partial charge >= 0.3 is 5.97 Å². The number of pyridine rings is 1. The Hall–Kier alpha value is -2.72. The van der Waals surface area contributed by atoms with Crippen LogP contribution in [0.1, 0.15) is 37.6 Å². The number of carbonyl (C=O) groups is 4. The number of thioether (sulfide) groups is 1. The van der Waals surface area contributed by atoms with Crippen molar-refractivity contribution in [2.45, 2.75) is 30.5 Å². The fraction of sp³-hybridized carbons (Fsp3) is 0.278. The lowest BCUT2D eigenvalue weighted by atomic mass is 10.1. The second kappa shape index (κ2) is 7.72. The van der Waals surface area contributed by atoms with Gasteiger partial charge in [0.15, 0.2) is 0 Å². The number of hydrogen-bond donors (Lipinski definition) is 0. The predicted molar refractivity (Wildman–Crippen MR) is 100 cm³/mol. The van der Waals surface area contributed by atoms with E-state index in [4.69, 9.17) is 4.74 Å². The summed E-state index contributed by atoms with van der Waals surface area (Å²) in [5.74, 6) is -3.05. The van der Waals surface area contributed by atoms with Crippen molar-refractivity contribution < 1.29 is 29.0 Å². The normalized spacial score (nSPS) is 16.5. The summed E-state index contributed by atoms with van der Waals surface area (Å²) in [4.78, 5) is 54.7. The van der Waals surface area contributed by atoms with Crippen molar-refractivity contribution in [1.29, 1.82) is 0 Å². The highest BCUT2D eigenvalue weighted by atomic mass is 32.2. The van der Waals surface area contributed by atoms with Crippen molar-refractivity contribution in [1.82, 2.24) is 4.98 Å². The van der Waals surface area contributed by atoms with E-state index in [1.165, 1.54) is 25.4 Å². The lowest BCUT2D eigenvalue weighted by Gasteiger charge is -2.15. The average Bonchev–Trinajstić information content (AvgIpc) is 3.10. The summed E-state index contributed by atoms with van der Waals surface area (Å²) in [7, 11) is 1.23. The number of rotatable bonds is 5. The minimum absolute atomic E-state index is 0.0993. The number of nitrogens with zero attached hydrogens (tertiary/aromatic N) is 2. The number of methoxy groups -OCH3 is 1. The van der Waals surface area contributed by atoms with Crippen LogP contribution in [0.4, 0.5) is 5.00 Å². The van der Waals surface area contributed by atoms with Crippen molar-refractivity contribution in [3.8, 4) is 0 Å². The number of anilines is 1. The fourth-order valence-electron chi connectivity index (χ4n) is 2.79. The van der Waals surface area contributed by atoms with Crippen molar-refractivity contribution in [3.05, 3.63) is 39.9 Å². The van der Waals surface area contributed by atoms with E-state index in [2.05, 4.69) is 4.98 Å². The number of carboxylic acid groups (broad SMARTS) is 1. The third kappa shape index (κ3) is 3.40. The number of amides is 2. The molecule has 2 aromatic rings. The van der Waals surface area contributed by atoms with Gasteiger partial charge in [0.05, 0.1) is 23.9 Å².